The van der Waals surface area contributed by atoms with Crippen molar-refractivity contribution in [2.75, 3.05) is 13.1 Å². The van der Waals surface area contributed by atoms with Gasteiger partial charge in [0.05, 0.1) is 0 Å². The first-order valence-electron chi connectivity index (χ1n) is 8.17. The zero-order chi connectivity index (χ0) is 17.8. The van der Waals surface area contributed by atoms with Crippen molar-refractivity contribution in [2.45, 2.75) is 73.1 Å². The van der Waals surface area contributed by atoms with E-state index >= 15 is 0 Å². The number of thiophene rings is 1. The summed E-state index contributed by atoms with van der Waals surface area (Å²) in [5.74, 6) is 0. The van der Waals surface area contributed by atoms with Crippen LogP contribution >= 0.6 is 11.3 Å². The molecule has 0 saturated carbocycles. The van der Waals surface area contributed by atoms with E-state index in [-0.39, 0.29) is 11.6 Å². The van der Waals surface area contributed by atoms with Crippen LogP contribution in [0.3, 0.4) is 0 Å². The molecule has 0 saturated heterocycles. The molecule has 1 aromatic rings. The lowest BCUT2D eigenvalue weighted by Crippen LogP contribution is -2.50. The quantitative estimate of drug-likeness (QED) is 0.803. The predicted molar refractivity (Wildman–Crippen MR) is 98.2 cm³/mol. The maximum atomic E-state index is 12.4. The molecule has 0 radical (unpaired) electrons. The highest BCUT2D eigenvalue weighted by molar-refractivity contribution is 7.12. The summed E-state index contributed by atoms with van der Waals surface area (Å²) >= 11 is 1.83. The summed E-state index contributed by atoms with van der Waals surface area (Å²) < 4.78 is 5.52. The maximum absolute atomic E-state index is 12.4. The van der Waals surface area contributed by atoms with Crippen LogP contribution in [-0.4, -0.2) is 35.2 Å². The zero-order valence-electron chi connectivity index (χ0n) is 15.9. The average Bonchev–Trinajstić information content (AvgIpc) is 2.64. The van der Waals surface area contributed by atoms with Crippen molar-refractivity contribution in [3.05, 3.63) is 21.4 Å². The lowest BCUT2D eigenvalue weighted by Gasteiger charge is -2.36. The maximum Gasteiger partial charge on any atom is 0.410 e. The van der Waals surface area contributed by atoms with E-state index in [9.17, 15) is 4.79 Å². The number of carbonyl (C=O) groups is 1. The standard InChI is InChI=1S/C18H32N2O2S/c1-13-11-15(23-14(13)2)12-19-9-10-20(17(3,4)5)16(21)22-18(6,7)8/h11,19H,9-10,12H2,1-8H3. The van der Waals surface area contributed by atoms with E-state index in [1.54, 1.807) is 4.90 Å². The van der Waals surface area contributed by atoms with Crippen molar-refractivity contribution < 1.29 is 9.53 Å². The van der Waals surface area contributed by atoms with Gasteiger partial charge in [-0.2, -0.15) is 0 Å². The summed E-state index contributed by atoms with van der Waals surface area (Å²) in [6.45, 7) is 18.3. The molecule has 0 fully saturated rings. The Morgan fingerprint density at radius 1 is 1.22 bits per heavy atom. The van der Waals surface area contributed by atoms with Gasteiger partial charge in [0.15, 0.2) is 0 Å². The Balaban J connectivity index is 2.53. The fourth-order valence-corrected chi connectivity index (χ4v) is 3.18. The average molecular weight is 341 g/mol. The largest absolute Gasteiger partial charge is 0.444 e. The number of rotatable bonds is 5. The molecular weight excluding hydrogens is 308 g/mol. The number of amides is 1. The molecule has 1 N–H and O–H groups in total. The summed E-state index contributed by atoms with van der Waals surface area (Å²) in [6.07, 6.45) is -0.255. The van der Waals surface area contributed by atoms with Crippen molar-refractivity contribution in [1.29, 1.82) is 0 Å². The highest BCUT2D eigenvalue weighted by Crippen LogP contribution is 2.20. The van der Waals surface area contributed by atoms with E-state index in [2.05, 4.69) is 25.2 Å². The van der Waals surface area contributed by atoms with Crippen LogP contribution in [0.5, 0.6) is 0 Å². The van der Waals surface area contributed by atoms with Gasteiger partial charge in [-0.25, -0.2) is 4.79 Å². The number of hydrogen-bond donors (Lipinski definition) is 1. The second kappa shape index (κ2) is 7.67. The molecule has 0 unspecified atom stereocenters. The van der Waals surface area contributed by atoms with Gasteiger partial charge >= 0.3 is 6.09 Å². The summed E-state index contributed by atoms with van der Waals surface area (Å²) in [7, 11) is 0. The van der Waals surface area contributed by atoms with E-state index in [0.717, 1.165) is 13.1 Å². The molecule has 4 nitrogen and oxygen atoms in total. The molecule has 132 valence electrons. The number of nitrogens with zero attached hydrogens (tertiary/aromatic N) is 1. The molecule has 0 atom stereocenters. The van der Waals surface area contributed by atoms with Crippen LogP contribution < -0.4 is 5.32 Å². The van der Waals surface area contributed by atoms with Gasteiger partial charge in [-0.1, -0.05) is 0 Å². The Morgan fingerprint density at radius 3 is 2.26 bits per heavy atom. The van der Waals surface area contributed by atoms with Gasteiger partial charge < -0.3 is 15.0 Å². The molecule has 0 aliphatic rings. The first-order valence-corrected chi connectivity index (χ1v) is 8.99. The highest BCUT2D eigenvalue weighted by atomic mass is 32.1. The lowest BCUT2D eigenvalue weighted by atomic mass is 10.1. The van der Waals surface area contributed by atoms with Gasteiger partial charge in [-0.05, 0) is 67.0 Å². The van der Waals surface area contributed by atoms with Gasteiger partial charge in [0.2, 0.25) is 0 Å². The third-order valence-electron chi connectivity index (χ3n) is 3.45. The number of nitrogens with one attached hydrogen (secondary N) is 1. The molecular formula is C18H32N2O2S. The van der Waals surface area contributed by atoms with Crippen LogP contribution in [0.2, 0.25) is 0 Å². The molecule has 0 spiro atoms. The number of hydrogen-bond acceptors (Lipinski definition) is 4. The minimum Gasteiger partial charge on any atom is -0.444 e. The van der Waals surface area contributed by atoms with E-state index in [4.69, 9.17) is 4.74 Å². The molecule has 23 heavy (non-hydrogen) atoms. The number of carbonyl (C=O) groups excluding carboxylic acids is 1. The third-order valence-corrected chi connectivity index (χ3v) is 4.60. The molecule has 0 aliphatic heterocycles. The monoisotopic (exact) mass is 340 g/mol. The van der Waals surface area contributed by atoms with Gasteiger partial charge in [0.1, 0.15) is 5.60 Å². The molecule has 1 rings (SSSR count). The topological polar surface area (TPSA) is 41.6 Å². The SMILES string of the molecule is Cc1cc(CNCCN(C(=O)OC(C)(C)C)C(C)(C)C)sc1C. The minimum atomic E-state index is -0.472. The molecule has 0 aromatic carbocycles. The van der Waals surface area contributed by atoms with E-state index in [0.29, 0.717) is 6.54 Å². The second-order valence-corrected chi connectivity index (χ2v) is 9.27. The Hall–Kier alpha value is -1.07. The zero-order valence-corrected chi connectivity index (χ0v) is 16.7. The van der Waals surface area contributed by atoms with Crippen molar-refractivity contribution in [1.82, 2.24) is 10.2 Å². The van der Waals surface area contributed by atoms with Gasteiger partial charge in [-0.15, -0.1) is 11.3 Å². The predicted octanol–water partition coefficient (Wildman–Crippen LogP) is 4.49. The van der Waals surface area contributed by atoms with Crippen LogP contribution in [0, 0.1) is 13.8 Å². The molecule has 1 aromatic heterocycles. The summed E-state index contributed by atoms with van der Waals surface area (Å²) in [5, 5.41) is 3.42. The van der Waals surface area contributed by atoms with Crippen molar-refractivity contribution in [3.63, 3.8) is 0 Å². The van der Waals surface area contributed by atoms with E-state index in [1.807, 2.05) is 52.9 Å². The molecule has 5 heteroatoms. The molecule has 1 heterocycles. The first-order chi connectivity index (χ1) is 10.4. The van der Waals surface area contributed by atoms with Crippen LogP contribution in [0.25, 0.3) is 0 Å². The summed E-state index contributed by atoms with van der Waals surface area (Å²) in [6, 6.07) is 2.22. The molecule has 0 aliphatic carbocycles. The fourth-order valence-electron chi connectivity index (χ4n) is 2.16. The van der Waals surface area contributed by atoms with E-state index < -0.39 is 5.60 Å². The van der Waals surface area contributed by atoms with E-state index in [1.165, 1.54) is 15.3 Å². The molecule has 0 bridgehead atoms. The van der Waals surface area contributed by atoms with Crippen LogP contribution in [0.15, 0.2) is 6.07 Å². The Kier molecular flexibility index (Phi) is 6.66. The Morgan fingerprint density at radius 2 is 1.83 bits per heavy atom. The number of aryl methyl sites for hydroxylation is 2. The highest BCUT2D eigenvalue weighted by Gasteiger charge is 2.30. The Labute approximate surface area is 145 Å². The fraction of sp³-hybridized carbons (Fsp3) is 0.722. The minimum absolute atomic E-state index is 0.255. The van der Waals surface area contributed by atoms with Gasteiger partial charge in [-0.3, -0.25) is 0 Å². The van der Waals surface area contributed by atoms with Gasteiger partial charge in [0.25, 0.3) is 0 Å². The van der Waals surface area contributed by atoms with Crippen molar-refractivity contribution >= 4 is 17.4 Å². The summed E-state index contributed by atoms with van der Waals surface area (Å²) in [4.78, 5) is 16.9. The number of ether oxygens (including phenoxy) is 1. The van der Waals surface area contributed by atoms with Crippen LogP contribution in [0.4, 0.5) is 4.79 Å². The second-order valence-electron chi connectivity index (χ2n) is 7.93. The summed E-state index contributed by atoms with van der Waals surface area (Å²) in [5.41, 5.74) is 0.608. The third kappa shape index (κ3) is 6.92. The van der Waals surface area contributed by atoms with Crippen LogP contribution in [0.1, 0.15) is 56.9 Å². The van der Waals surface area contributed by atoms with Crippen molar-refractivity contribution in [2.24, 2.45) is 0 Å². The lowest BCUT2D eigenvalue weighted by molar-refractivity contribution is 0.00664. The normalized spacial score (nSPS) is 12.3. The van der Waals surface area contributed by atoms with Crippen LogP contribution in [-0.2, 0) is 11.3 Å². The Bertz CT molecular complexity index is 505. The van der Waals surface area contributed by atoms with Crippen molar-refractivity contribution in [3.8, 4) is 0 Å². The first kappa shape index (κ1) is 20.0. The molecule has 1 amide bonds. The van der Waals surface area contributed by atoms with Gasteiger partial charge in [0, 0.05) is 34.9 Å². The smallest absolute Gasteiger partial charge is 0.410 e.